The van der Waals surface area contributed by atoms with Crippen molar-refractivity contribution >= 4 is 0 Å². The van der Waals surface area contributed by atoms with Gasteiger partial charge in [0.2, 0.25) is 0 Å². The molecule has 1 heterocycles. The van der Waals surface area contributed by atoms with E-state index in [-0.39, 0.29) is 5.54 Å². The Balaban J connectivity index is 1.69. The second-order valence-electron chi connectivity index (χ2n) is 7.23. The standard InChI is InChI=1S/C15H29N3/c1-14(2)6-3-7-15(14,12-16)18-10-8-17(9-11-18)13-4-5-13/h13H,3-12,16H2,1-2H3. The van der Waals surface area contributed by atoms with Gasteiger partial charge in [-0.3, -0.25) is 9.80 Å². The van der Waals surface area contributed by atoms with Crippen LogP contribution in [0.25, 0.3) is 0 Å². The van der Waals surface area contributed by atoms with Gasteiger partial charge in [-0.1, -0.05) is 20.3 Å². The van der Waals surface area contributed by atoms with E-state index in [9.17, 15) is 0 Å². The third-order valence-corrected chi connectivity index (χ3v) is 5.97. The SMILES string of the molecule is CC1(C)CCCC1(CN)N1CCN(C2CC2)CC1. The highest BCUT2D eigenvalue weighted by Crippen LogP contribution is 2.49. The van der Waals surface area contributed by atoms with E-state index in [1.807, 2.05) is 0 Å². The summed E-state index contributed by atoms with van der Waals surface area (Å²) in [7, 11) is 0. The van der Waals surface area contributed by atoms with Crippen LogP contribution in [0.15, 0.2) is 0 Å². The van der Waals surface area contributed by atoms with E-state index < -0.39 is 0 Å². The minimum atomic E-state index is 0.280. The zero-order valence-corrected chi connectivity index (χ0v) is 12.1. The van der Waals surface area contributed by atoms with Crippen LogP contribution in [-0.2, 0) is 0 Å². The summed E-state index contributed by atoms with van der Waals surface area (Å²) >= 11 is 0. The lowest BCUT2D eigenvalue weighted by Gasteiger charge is -2.52. The van der Waals surface area contributed by atoms with Gasteiger partial charge in [-0.15, -0.1) is 0 Å². The van der Waals surface area contributed by atoms with E-state index in [4.69, 9.17) is 5.73 Å². The van der Waals surface area contributed by atoms with Gasteiger partial charge in [0, 0.05) is 44.3 Å². The largest absolute Gasteiger partial charge is 0.329 e. The van der Waals surface area contributed by atoms with E-state index in [0.29, 0.717) is 5.41 Å². The molecule has 0 amide bonds. The van der Waals surface area contributed by atoms with Crippen molar-refractivity contribution in [3.63, 3.8) is 0 Å². The number of hydrogen-bond acceptors (Lipinski definition) is 3. The first-order valence-corrected chi connectivity index (χ1v) is 7.78. The molecule has 2 N–H and O–H groups in total. The number of piperazine rings is 1. The van der Waals surface area contributed by atoms with Crippen molar-refractivity contribution in [1.29, 1.82) is 0 Å². The molecule has 3 heteroatoms. The van der Waals surface area contributed by atoms with Crippen molar-refractivity contribution in [2.75, 3.05) is 32.7 Å². The average molecular weight is 251 g/mol. The van der Waals surface area contributed by atoms with Gasteiger partial charge in [-0.25, -0.2) is 0 Å². The van der Waals surface area contributed by atoms with Gasteiger partial charge in [0.25, 0.3) is 0 Å². The molecule has 3 fully saturated rings. The van der Waals surface area contributed by atoms with Gasteiger partial charge in [-0.2, -0.15) is 0 Å². The summed E-state index contributed by atoms with van der Waals surface area (Å²) in [5.74, 6) is 0. The quantitative estimate of drug-likeness (QED) is 0.828. The van der Waals surface area contributed by atoms with Crippen LogP contribution in [0, 0.1) is 5.41 Å². The predicted molar refractivity (Wildman–Crippen MR) is 75.6 cm³/mol. The maximum absolute atomic E-state index is 6.23. The van der Waals surface area contributed by atoms with Crippen LogP contribution < -0.4 is 5.73 Å². The van der Waals surface area contributed by atoms with E-state index in [0.717, 1.165) is 12.6 Å². The molecule has 0 radical (unpaired) electrons. The van der Waals surface area contributed by atoms with Gasteiger partial charge < -0.3 is 5.73 Å². The monoisotopic (exact) mass is 251 g/mol. The highest BCUT2D eigenvalue weighted by Gasteiger charge is 2.52. The van der Waals surface area contributed by atoms with Crippen molar-refractivity contribution < 1.29 is 0 Å². The van der Waals surface area contributed by atoms with Crippen LogP contribution in [0.3, 0.4) is 0 Å². The molecule has 1 unspecified atom stereocenters. The summed E-state index contributed by atoms with van der Waals surface area (Å²) in [5.41, 5.74) is 6.90. The predicted octanol–water partition coefficient (Wildman–Crippen LogP) is 1.67. The average Bonchev–Trinajstić information content (AvgIpc) is 3.15. The molecule has 0 aromatic carbocycles. The van der Waals surface area contributed by atoms with E-state index >= 15 is 0 Å². The lowest BCUT2D eigenvalue weighted by Crippen LogP contribution is -2.64. The lowest BCUT2D eigenvalue weighted by atomic mass is 9.73. The van der Waals surface area contributed by atoms with Gasteiger partial charge >= 0.3 is 0 Å². The Morgan fingerprint density at radius 3 is 2.17 bits per heavy atom. The minimum absolute atomic E-state index is 0.280. The molecule has 1 atom stereocenters. The second-order valence-corrected chi connectivity index (χ2v) is 7.23. The molecule has 1 aliphatic heterocycles. The Hall–Kier alpha value is -0.120. The van der Waals surface area contributed by atoms with Gasteiger partial charge in [0.1, 0.15) is 0 Å². The molecule has 18 heavy (non-hydrogen) atoms. The number of hydrogen-bond donors (Lipinski definition) is 1. The van der Waals surface area contributed by atoms with Crippen LogP contribution in [0.1, 0.15) is 46.0 Å². The zero-order chi connectivity index (χ0) is 12.8. The summed E-state index contributed by atoms with van der Waals surface area (Å²) in [6.07, 6.45) is 6.88. The Labute approximate surface area is 112 Å². The summed E-state index contributed by atoms with van der Waals surface area (Å²) in [5, 5.41) is 0. The van der Waals surface area contributed by atoms with E-state index in [1.54, 1.807) is 0 Å². The van der Waals surface area contributed by atoms with Crippen LogP contribution in [0.2, 0.25) is 0 Å². The second kappa shape index (κ2) is 4.46. The third-order valence-electron chi connectivity index (χ3n) is 5.97. The highest BCUT2D eigenvalue weighted by atomic mass is 15.3. The Morgan fingerprint density at radius 1 is 1.06 bits per heavy atom. The zero-order valence-electron chi connectivity index (χ0n) is 12.1. The molecule has 104 valence electrons. The molecule has 1 saturated heterocycles. The fourth-order valence-electron chi connectivity index (χ4n) is 4.44. The number of rotatable bonds is 3. The van der Waals surface area contributed by atoms with Gasteiger partial charge in [0.15, 0.2) is 0 Å². The summed E-state index contributed by atoms with van der Waals surface area (Å²) < 4.78 is 0. The van der Waals surface area contributed by atoms with Crippen molar-refractivity contribution in [3.8, 4) is 0 Å². The van der Waals surface area contributed by atoms with Gasteiger partial charge in [-0.05, 0) is 31.1 Å². The van der Waals surface area contributed by atoms with Crippen LogP contribution >= 0.6 is 0 Å². The topological polar surface area (TPSA) is 32.5 Å². The fraction of sp³-hybridized carbons (Fsp3) is 1.00. The molecular formula is C15H29N3. The first-order valence-electron chi connectivity index (χ1n) is 7.78. The summed E-state index contributed by atoms with van der Waals surface area (Å²) in [6.45, 7) is 10.7. The number of nitrogens with two attached hydrogens (primary N) is 1. The normalized spacial score (nSPS) is 38.2. The van der Waals surface area contributed by atoms with E-state index in [1.165, 1.54) is 58.3 Å². The third kappa shape index (κ3) is 1.91. The van der Waals surface area contributed by atoms with Crippen LogP contribution in [0.4, 0.5) is 0 Å². The first kappa shape index (κ1) is 12.9. The first-order chi connectivity index (χ1) is 8.59. The van der Waals surface area contributed by atoms with Crippen LogP contribution in [0.5, 0.6) is 0 Å². The van der Waals surface area contributed by atoms with Crippen molar-refractivity contribution in [1.82, 2.24) is 9.80 Å². The molecule has 0 aromatic rings. The van der Waals surface area contributed by atoms with Crippen molar-refractivity contribution in [2.24, 2.45) is 11.1 Å². The molecular weight excluding hydrogens is 222 g/mol. The summed E-state index contributed by atoms with van der Waals surface area (Å²) in [4.78, 5) is 5.43. The van der Waals surface area contributed by atoms with Crippen molar-refractivity contribution in [3.05, 3.63) is 0 Å². The Bertz CT molecular complexity index is 303. The van der Waals surface area contributed by atoms with Crippen molar-refractivity contribution in [2.45, 2.75) is 57.5 Å². The fourth-order valence-corrected chi connectivity index (χ4v) is 4.44. The van der Waals surface area contributed by atoms with Crippen LogP contribution in [-0.4, -0.2) is 54.1 Å². The smallest absolute Gasteiger partial charge is 0.0383 e. The minimum Gasteiger partial charge on any atom is -0.329 e. The maximum Gasteiger partial charge on any atom is 0.0383 e. The number of nitrogens with zero attached hydrogens (tertiary/aromatic N) is 2. The van der Waals surface area contributed by atoms with Gasteiger partial charge in [0.05, 0.1) is 0 Å². The summed E-state index contributed by atoms with van der Waals surface area (Å²) in [6, 6.07) is 0.928. The van der Waals surface area contributed by atoms with E-state index in [2.05, 4.69) is 23.6 Å². The molecule has 3 aliphatic rings. The highest BCUT2D eigenvalue weighted by molar-refractivity contribution is 5.08. The maximum atomic E-state index is 6.23. The lowest BCUT2D eigenvalue weighted by molar-refractivity contribution is -0.0213. The molecule has 2 saturated carbocycles. The molecule has 3 rings (SSSR count). The Kier molecular flexibility index (Phi) is 3.20. The molecule has 0 aromatic heterocycles. The molecule has 3 nitrogen and oxygen atoms in total. The molecule has 2 aliphatic carbocycles. The Morgan fingerprint density at radius 2 is 1.72 bits per heavy atom. The molecule has 0 spiro atoms. The molecule has 0 bridgehead atoms.